The van der Waals surface area contributed by atoms with Gasteiger partial charge in [-0.25, -0.2) is 0 Å². The van der Waals surface area contributed by atoms with Gasteiger partial charge < -0.3 is 5.32 Å². The maximum atomic E-state index is 12.0. The topological polar surface area (TPSA) is 29.1 Å². The third-order valence-electron chi connectivity index (χ3n) is 3.47. The molecule has 2 rings (SSSR count). The van der Waals surface area contributed by atoms with E-state index >= 15 is 0 Å². The van der Waals surface area contributed by atoms with Crippen molar-refractivity contribution in [2.75, 3.05) is 0 Å². The van der Waals surface area contributed by atoms with E-state index < -0.39 is 0 Å². The average molecular weight is 281 g/mol. The van der Waals surface area contributed by atoms with Gasteiger partial charge in [0.2, 0.25) is 0 Å². The van der Waals surface area contributed by atoms with Gasteiger partial charge in [0.1, 0.15) is 0 Å². The SMILES string of the molecule is CC.CC1CC(NC(=O)c2cccs2)CC(C)(C)C1. The zero-order chi connectivity index (χ0) is 14.5. The van der Waals surface area contributed by atoms with Crippen molar-refractivity contribution in [1.82, 2.24) is 5.32 Å². The van der Waals surface area contributed by atoms with Gasteiger partial charge >= 0.3 is 0 Å². The van der Waals surface area contributed by atoms with Gasteiger partial charge in [-0.1, -0.05) is 40.7 Å². The molecule has 0 aliphatic heterocycles. The van der Waals surface area contributed by atoms with Gasteiger partial charge in [-0.2, -0.15) is 0 Å². The molecule has 0 bridgehead atoms. The minimum atomic E-state index is 0.0925. The van der Waals surface area contributed by atoms with E-state index in [4.69, 9.17) is 0 Å². The lowest BCUT2D eigenvalue weighted by atomic mass is 9.70. The average Bonchev–Trinajstić information content (AvgIpc) is 2.82. The van der Waals surface area contributed by atoms with E-state index in [1.165, 1.54) is 17.8 Å². The van der Waals surface area contributed by atoms with Gasteiger partial charge in [0.25, 0.3) is 5.91 Å². The largest absolute Gasteiger partial charge is 0.349 e. The molecule has 1 N–H and O–H groups in total. The minimum Gasteiger partial charge on any atom is -0.349 e. The highest BCUT2D eigenvalue weighted by Crippen LogP contribution is 2.38. The molecule has 1 saturated carbocycles. The molecule has 2 unspecified atom stereocenters. The highest BCUT2D eigenvalue weighted by Gasteiger charge is 2.32. The normalized spacial score (nSPS) is 25.1. The highest BCUT2D eigenvalue weighted by molar-refractivity contribution is 7.12. The highest BCUT2D eigenvalue weighted by atomic mass is 32.1. The lowest BCUT2D eigenvalue weighted by Gasteiger charge is -2.39. The van der Waals surface area contributed by atoms with E-state index in [-0.39, 0.29) is 5.91 Å². The third kappa shape index (κ3) is 4.98. The van der Waals surface area contributed by atoms with Crippen molar-refractivity contribution in [3.63, 3.8) is 0 Å². The van der Waals surface area contributed by atoms with E-state index in [0.29, 0.717) is 17.4 Å². The van der Waals surface area contributed by atoms with Crippen molar-refractivity contribution in [2.24, 2.45) is 11.3 Å². The number of nitrogens with one attached hydrogen (secondary N) is 1. The van der Waals surface area contributed by atoms with Crippen LogP contribution in [0.1, 0.15) is 63.6 Å². The maximum Gasteiger partial charge on any atom is 0.261 e. The van der Waals surface area contributed by atoms with Gasteiger partial charge in [-0.3, -0.25) is 4.79 Å². The van der Waals surface area contributed by atoms with Crippen LogP contribution >= 0.6 is 11.3 Å². The first-order chi connectivity index (χ1) is 8.96. The van der Waals surface area contributed by atoms with E-state index in [9.17, 15) is 4.79 Å². The standard InChI is InChI=1S/C14H21NOS.C2H6/c1-10-7-11(9-14(2,3)8-10)15-13(16)12-5-4-6-17-12;1-2/h4-6,10-11H,7-9H2,1-3H3,(H,15,16);1-2H3. The number of hydrogen-bond donors (Lipinski definition) is 1. The lowest BCUT2D eigenvalue weighted by Crippen LogP contribution is -2.42. The fourth-order valence-electron chi connectivity index (χ4n) is 3.12. The van der Waals surface area contributed by atoms with Crippen LogP contribution in [0.5, 0.6) is 0 Å². The quantitative estimate of drug-likeness (QED) is 0.835. The lowest BCUT2D eigenvalue weighted by molar-refractivity contribution is 0.0878. The van der Waals surface area contributed by atoms with E-state index in [2.05, 4.69) is 26.1 Å². The second-order valence-corrected chi connectivity index (χ2v) is 7.01. The summed E-state index contributed by atoms with van der Waals surface area (Å²) >= 11 is 1.51. The monoisotopic (exact) mass is 281 g/mol. The molecule has 1 aliphatic carbocycles. The van der Waals surface area contributed by atoms with Gasteiger partial charge in [0.15, 0.2) is 0 Å². The molecule has 108 valence electrons. The van der Waals surface area contributed by atoms with Crippen molar-refractivity contribution in [2.45, 2.75) is 59.9 Å². The van der Waals surface area contributed by atoms with Gasteiger partial charge in [-0.15, -0.1) is 11.3 Å². The molecule has 1 aromatic heterocycles. The molecule has 2 nitrogen and oxygen atoms in total. The second-order valence-electron chi connectivity index (χ2n) is 6.06. The van der Waals surface area contributed by atoms with Crippen molar-refractivity contribution < 1.29 is 4.79 Å². The summed E-state index contributed by atoms with van der Waals surface area (Å²) in [6.07, 6.45) is 3.47. The van der Waals surface area contributed by atoms with E-state index in [0.717, 1.165) is 17.7 Å². The molecule has 1 fully saturated rings. The van der Waals surface area contributed by atoms with Crippen molar-refractivity contribution in [1.29, 1.82) is 0 Å². The van der Waals surface area contributed by atoms with Crippen LogP contribution in [0.2, 0.25) is 0 Å². The summed E-state index contributed by atoms with van der Waals surface area (Å²) in [4.78, 5) is 12.8. The minimum absolute atomic E-state index is 0.0925. The molecule has 1 heterocycles. The maximum absolute atomic E-state index is 12.0. The van der Waals surface area contributed by atoms with Crippen LogP contribution in [-0.2, 0) is 0 Å². The third-order valence-corrected chi connectivity index (χ3v) is 4.34. The van der Waals surface area contributed by atoms with Crippen LogP contribution in [0.3, 0.4) is 0 Å². The molecule has 2 atom stereocenters. The second kappa shape index (κ2) is 7.09. The van der Waals surface area contributed by atoms with Gasteiger partial charge in [0.05, 0.1) is 4.88 Å². The Kier molecular flexibility index (Phi) is 6.05. The van der Waals surface area contributed by atoms with E-state index in [1.54, 1.807) is 0 Å². The first kappa shape index (κ1) is 16.2. The van der Waals surface area contributed by atoms with Crippen LogP contribution < -0.4 is 5.32 Å². The zero-order valence-corrected chi connectivity index (χ0v) is 13.6. The Bertz CT molecular complexity index is 383. The van der Waals surface area contributed by atoms with Crippen LogP contribution in [0, 0.1) is 11.3 Å². The molecule has 3 heteroatoms. The fourth-order valence-corrected chi connectivity index (χ4v) is 3.75. The molecule has 1 aromatic rings. The van der Waals surface area contributed by atoms with Crippen LogP contribution in [0.4, 0.5) is 0 Å². The number of amides is 1. The van der Waals surface area contributed by atoms with Crippen LogP contribution in [0.15, 0.2) is 17.5 Å². The predicted molar refractivity (Wildman–Crippen MR) is 83.7 cm³/mol. The summed E-state index contributed by atoms with van der Waals surface area (Å²) < 4.78 is 0. The van der Waals surface area contributed by atoms with E-state index in [1.807, 2.05) is 31.4 Å². The van der Waals surface area contributed by atoms with Crippen LogP contribution in [-0.4, -0.2) is 11.9 Å². The molecule has 0 saturated heterocycles. The molecule has 19 heavy (non-hydrogen) atoms. The van der Waals surface area contributed by atoms with Crippen LogP contribution in [0.25, 0.3) is 0 Å². The number of hydrogen-bond acceptors (Lipinski definition) is 2. The number of thiophene rings is 1. The summed E-state index contributed by atoms with van der Waals surface area (Å²) in [7, 11) is 0. The predicted octanol–water partition coefficient (Wildman–Crippen LogP) is 4.72. The Morgan fingerprint density at radius 3 is 2.58 bits per heavy atom. The fraction of sp³-hybridized carbons (Fsp3) is 0.688. The van der Waals surface area contributed by atoms with Crippen molar-refractivity contribution in [3.05, 3.63) is 22.4 Å². The molecule has 0 spiro atoms. The Morgan fingerprint density at radius 1 is 1.37 bits per heavy atom. The van der Waals surface area contributed by atoms with Crippen molar-refractivity contribution >= 4 is 17.2 Å². The molecule has 0 radical (unpaired) electrons. The Morgan fingerprint density at radius 2 is 2.05 bits per heavy atom. The molecule has 1 aliphatic rings. The molecular weight excluding hydrogens is 254 g/mol. The first-order valence-corrected chi connectivity index (χ1v) is 8.19. The zero-order valence-electron chi connectivity index (χ0n) is 12.8. The first-order valence-electron chi connectivity index (χ1n) is 7.31. The molecule has 1 amide bonds. The Hall–Kier alpha value is -0.830. The summed E-state index contributed by atoms with van der Waals surface area (Å²) in [5.41, 5.74) is 0.352. The number of carbonyl (C=O) groups excluding carboxylic acids is 1. The molecule has 0 aromatic carbocycles. The Balaban J connectivity index is 0.000000861. The van der Waals surface area contributed by atoms with Gasteiger partial charge in [-0.05, 0) is 42.0 Å². The number of carbonyl (C=O) groups is 1. The summed E-state index contributed by atoms with van der Waals surface area (Å²) in [5, 5.41) is 5.13. The Labute approximate surface area is 121 Å². The smallest absolute Gasteiger partial charge is 0.261 e. The van der Waals surface area contributed by atoms with Crippen molar-refractivity contribution in [3.8, 4) is 0 Å². The number of rotatable bonds is 2. The summed E-state index contributed by atoms with van der Waals surface area (Å²) in [6, 6.07) is 4.15. The summed E-state index contributed by atoms with van der Waals surface area (Å²) in [5.74, 6) is 0.794. The van der Waals surface area contributed by atoms with Gasteiger partial charge in [0, 0.05) is 6.04 Å². The molecular formula is C16H27NOS. The summed E-state index contributed by atoms with van der Waals surface area (Å²) in [6.45, 7) is 10.9.